The van der Waals surface area contributed by atoms with Gasteiger partial charge in [0.2, 0.25) is 5.88 Å². The summed E-state index contributed by atoms with van der Waals surface area (Å²) in [4.78, 5) is 29.8. The third kappa shape index (κ3) is 3.45. The lowest BCUT2D eigenvalue weighted by atomic mass is 10.2. The van der Waals surface area contributed by atoms with Gasteiger partial charge in [-0.25, -0.2) is 14.3 Å². The highest BCUT2D eigenvalue weighted by Crippen LogP contribution is 2.36. The van der Waals surface area contributed by atoms with Crippen LogP contribution in [0.1, 0.15) is 10.6 Å². The van der Waals surface area contributed by atoms with Crippen molar-refractivity contribution in [2.24, 2.45) is 7.05 Å². The van der Waals surface area contributed by atoms with E-state index < -0.39 is 23.1 Å². The zero-order valence-electron chi connectivity index (χ0n) is 14.8. The molecule has 0 unspecified atom stereocenters. The second kappa shape index (κ2) is 7.10. The quantitative estimate of drug-likeness (QED) is 0.635. The topological polar surface area (TPSA) is 66.1 Å². The van der Waals surface area contributed by atoms with Crippen LogP contribution in [0.2, 0.25) is 5.02 Å². The maximum absolute atomic E-state index is 13.0. The highest BCUT2D eigenvalue weighted by molar-refractivity contribution is 7.15. The van der Waals surface area contributed by atoms with E-state index in [0.29, 0.717) is 36.7 Å². The van der Waals surface area contributed by atoms with E-state index in [0.717, 1.165) is 11.9 Å². The van der Waals surface area contributed by atoms with Gasteiger partial charge >= 0.3 is 11.9 Å². The summed E-state index contributed by atoms with van der Waals surface area (Å²) in [5.41, 5.74) is -3.05. The number of hydrogen-bond acceptors (Lipinski definition) is 5. The first-order valence-corrected chi connectivity index (χ1v) is 8.96. The summed E-state index contributed by atoms with van der Waals surface area (Å²) in [5.74, 6) is 0.407. The molecule has 2 aromatic heterocycles. The summed E-state index contributed by atoms with van der Waals surface area (Å²) in [6.45, 7) is 1.80. The van der Waals surface area contributed by atoms with E-state index in [-0.39, 0.29) is 5.69 Å². The van der Waals surface area contributed by atoms with Crippen LogP contribution in [0.25, 0.3) is 16.3 Å². The van der Waals surface area contributed by atoms with E-state index in [9.17, 15) is 22.8 Å². The Labute approximate surface area is 165 Å². The van der Waals surface area contributed by atoms with Crippen molar-refractivity contribution in [3.8, 4) is 22.1 Å². The van der Waals surface area contributed by atoms with E-state index in [2.05, 4.69) is 4.98 Å². The zero-order chi connectivity index (χ0) is 20.8. The van der Waals surface area contributed by atoms with Crippen molar-refractivity contribution >= 4 is 22.9 Å². The molecule has 0 amide bonds. The number of rotatable bonds is 3. The van der Waals surface area contributed by atoms with Gasteiger partial charge in [-0.2, -0.15) is 13.2 Å². The minimum atomic E-state index is -4.83. The van der Waals surface area contributed by atoms with Gasteiger partial charge < -0.3 is 4.74 Å². The monoisotopic (exact) mass is 431 g/mol. The molecule has 0 spiro atoms. The number of nitrogens with zero attached hydrogens (tertiary/aromatic N) is 3. The maximum atomic E-state index is 13.0. The van der Waals surface area contributed by atoms with E-state index in [1.165, 1.54) is 36.6 Å². The van der Waals surface area contributed by atoms with Crippen LogP contribution in [0.3, 0.4) is 0 Å². The van der Waals surface area contributed by atoms with Crippen LogP contribution in [0.4, 0.5) is 13.2 Å². The Morgan fingerprint density at radius 1 is 1.21 bits per heavy atom. The van der Waals surface area contributed by atoms with Gasteiger partial charge in [0.25, 0.3) is 5.56 Å². The zero-order valence-corrected chi connectivity index (χ0v) is 16.4. The van der Waals surface area contributed by atoms with E-state index in [1.807, 2.05) is 0 Å². The fourth-order valence-electron chi connectivity index (χ4n) is 2.64. The van der Waals surface area contributed by atoms with Gasteiger partial charge in [0.1, 0.15) is 10.7 Å². The molecule has 0 saturated heterocycles. The van der Waals surface area contributed by atoms with Crippen molar-refractivity contribution in [1.29, 1.82) is 0 Å². The molecule has 11 heteroatoms. The number of benzene rings is 1. The Bertz CT molecular complexity index is 1180. The van der Waals surface area contributed by atoms with Crippen LogP contribution in [0.15, 0.2) is 33.9 Å². The van der Waals surface area contributed by atoms with Gasteiger partial charge in [-0.05, 0) is 25.1 Å². The molecule has 0 saturated carbocycles. The van der Waals surface area contributed by atoms with Gasteiger partial charge in [0, 0.05) is 18.7 Å². The molecular formula is C17H13ClF3N3O3S. The number of thiazole rings is 1. The molecule has 0 aliphatic heterocycles. The predicted octanol–water partition coefficient (Wildman–Crippen LogP) is 3.65. The fraction of sp³-hybridized carbons (Fsp3) is 0.235. The SMILES string of the molecule is COc1nc(-c2cc(-n3c(=O)cc(C(F)(F)F)n(C)c3=O)ccc2Cl)sc1C. The molecule has 0 aliphatic rings. The molecule has 0 aliphatic carbocycles. The van der Waals surface area contributed by atoms with Crippen molar-refractivity contribution in [3.63, 3.8) is 0 Å². The van der Waals surface area contributed by atoms with Crippen LogP contribution in [0.5, 0.6) is 5.88 Å². The lowest BCUT2D eigenvalue weighted by Crippen LogP contribution is -2.40. The minimum Gasteiger partial charge on any atom is -0.480 e. The van der Waals surface area contributed by atoms with Gasteiger partial charge in [0.05, 0.1) is 22.7 Å². The Hall–Kier alpha value is -2.59. The third-order valence-corrected chi connectivity index (χ3v) is 5.31. The van der Waals surface area contributed by atoms with Gasteiger partial charge in [-0.15, -0.1) is 11.3 Å². The molecule has 148 valence electrons. The summed E-state index contributed by atoms with van der Waals surface area (Å²) in [7, 11) is 2.42. The van der Waals surface area contributed by atoms with E-state index >= 15 is 0 Å². The minimum absolute atomic E-state index is 0.0746. The summed E-state index contributed by atoms with van der Waals surface area (Å²) in [6, 6.07) is 4.63. The number of alkyl halides is 3. The van der Waals surface area contributed by atoms with Crippen molar-refractivity contribution < 1.29 is 17.9 Å². The number of halogens is 4. The van der Waals surface area contributed by atoms with Crippen LogP contribution in [-0.2, 0) is 13.2 Å². The van der Waals surface area contributed by atoms with Gasteiger partial charge in [-0.3, -0.25) is 9.36 Å². The highest BCUT2D eigenvalue weighted by Gasteiger charge is 2.35. The third-order valence-electron chi connectivity index (χ3n) is 4.00. The average molecular weight is 432 g/mol. The van der Waals surface area contributed by atoms with Crippen molar-refractivity contribution in [3.05, 3.63) is 60.7 Å². The van der Waals surface area contributed by atoms with Crippen LogP contribution < -0.4 is 16.0 Å². The molecule has 0 bridgehead atoms. The second-order valence-corrected chi connectivity index (χ2v) is 7.40. The molecule has 2 heterocycles. The average Bonchev–Trinajstić information content (AvgIpc) is 2.99. The Kier molecular flexibility index (Phi) is 5.11. The first-order chi connectivity index (χ1) is 13.0. The standard InChI is InChI=1S/C17H13ClF3N3O3S/c1-8-14(27-3)22-15(28-8)10-6-9(4-5-11(10)18)24-13(25)7-12(17(19,20)21)23(2)16(24)26/h4-7H,1-3H3. The number of hydrogen-bond donors (Lipinski definition) is 0. The summed E-state index contributed by atoms with van der Waals surface area (Å²) >= 11 is 7.51. The molecule has 6 nitrogen and oxygen atoms in total. The van der Waals surface area contributed by atoms with E-state index in [4.69, 9.17) is 16.3 Å². The van der Waals surface area contributed by atoms with Crippen LogP contribution in [0, 0.1) is 6.92 Å². The second-order valence-electron chi connectivity index (χ2n) is 5.79. The predicted molar refractivity (Wildman–Crippen MR) is 99.7 cm³/mol. The number of aromatic nitrogens is 3. The molecule has 3 rings (SSSR count). The fourth-order valence-corrected chi connectivity index (χ4v) is 3.82. The molecule has 0 N–H and O–H groups in total. The van der Waals surface area contributed by atoms with Crippen LogP contribution >= 0.6 is 22.9 Å². The molecule has 0 atom stereocenters. The van der Waals surface area contributed by atoms with Gasteiger partial charge in [-0.1, -0.05) is 11.6 Å². The Morgan fingerprint density at radius 3 is 2.46 bits per heavy atom. The number of aryl methyl sites for hydroxylation is 1. The van der Waals surface area contributed by atoms with Crippen molar-refractivity contribution in [2.45, 2.75) is 13.1 Å². The maximum Gasteiger partial charge on any atom is 0.431 e. The first kappa shape index (κ1) is 20.2. The Morgan fingerprint density at radius 2 is 1.89 bits per heavy atom. The molecular weight excluding hydrogens is 419 g/mol. The number of methoxy groups -OCH3 is 1. The largest absolute Gasteiger partial charge is 0.480 e. The smallest absolute Gasteiger partial charge is 0.431 e. The van der Waals surface area contributed by atoms with E-state index in [1.54, 1.807) is 6.92 Å². The molecule has 28 heavy (non-hydrogen) atoms. The molecule has 0 radical (unpaired) electrons. The van der Waals surface area contributed by atoms with Crippen molar-refractivity contribution in [2.75, 3.05) is 7.11 Å². The molecule has 3 aromatic rings. The summed E-state index contributed by atoms with van der Waals surface area (Å²) in [6.07, 6.45) is -4.83. The highest BCUT2D eigenvalue weighted by atomic mass is 35.5. The van der Waals surface area contributed by atoms with Crippen molar-refractivity contribution in [1.82, 2.24) is 14.1 Å². The normalized spacial score (nSPS) is 11.7. The summed E-state index contributed by atoms with van der Waals surface area (Å²) < 4.78 is 45.2. The molecule has 1 aromatic carbocycles. The van der Waals surface area contributed by atoms with Crippen LogP contribution in [-0.4, -0.2) is 21.2 Å². The lowest BCUT2D eigenvalue weighted by molar-refractivity contribution is -0.144. The first-order valence-electron chi connectivity index (χ1n) is 7.76. The van der Waals surface area contributed by atoms with Gasteiger partial charge in [0.15, 0.2) is 0 Å². The Balaban J connectivity index is 2.22. The molecule has 0 fully saturated rings. The lowest BCUT2D eigenvalue weighted by Gasteiger charge is -2.14. The summed E-state index contributed by atoms with van der Waals surface area (Å²) in [5, 5.41) is 0.787. The number of ether oxygens (including phenoxy) is 1.